The third-order valence-electron chi connectivity index (χ3n) is 4.31. The topological polar surface area (TPSA) is 55.0 Å². The van der Waals surface area contributed by atoms with Crippen molar-refractivity contribution >= 4 is 18.2 Å². The molecule has 0 unspecified atom stereocenters. The molecule has 0 spiro atoms. The summed E-state index contributed by atoms with van der Waals surface area (Å²) in [5, 5.41) is 4.46. The molecule has 0 N–H and O–H groups in total. The van der Waals surface area contributed by atoms with Crippen LogP contribution in [0.5, 0.6) is 0 Å². The SMILES string of the molecule is S=c1n(-c2ccccc2)cnn1CN1CCN(c2ncccn2)CC1. The molecule has 7 nitrogen and oxygen atoms in total. The molecule has 0 bridgehead atoms. The molecule has 1 aromatic carbocycles. The van der Waals surface area contributed by atoms with E-state index in [0.29, 0.717) is 11.4 Å². The van der Waals surface area contributed by atoms with Gasteiger partial charge in [0.05, 0.1) is 6.67 Å². The number of aromatic nitrogens is 5. The molecule has 3 aromatic rings. The summed E-state index contributed by atoms with van der Waals surface area (Å²) in [6, 6.07) is 11.9. The predicted octanol–water partition coefficient (Wildman–Crippen LogP) is 1.97. The first kappa shape index (κ1) is 15.9. The van der Waals surface area contributed by atoms with Crippen LogP contribution in [0.15, 0.2) is 55.1 Å². The van der Waals surface area contributed by atoms with Gasteiger partial charge in [0.2, 0.25) is 10.7 Å². The summed E-state index contributed by atoms with van der Waals surface area (Å²) in [5.41, 5.74) is 1.03. The monoisotopic (exact) mass is 353 g/mol. The van der Waals surface area contributed by atoms with E-state index in [-0.39, 0.29) is 0 Å². The smallest absolute Gasteiger partial charge is 0.225 e. The first-order chi connectivity index (χ1) is 12.3. The van der Waals surface area contributed by atoms with Crippen molar-refractivity contribution < 1.29 is 0 Å². The summed E-state index contributed by atoms with van der Waals surface area (Å²) in [7, 11) is 0. The minimum atomic E-state index is 0.697. The van der Waals surface area contributed by atoms with E-state index >= 15 is 0 Å². The summed E-state index contributed by atoms with van der Waals surface area (Å²) >= 11 is 5.58. The Morgan fingerprint density at radius 1 is 0.920 bits per heavy atom. The van der Waals surface area contributed by atoms with E-state index in [2.05, 4.69) is 24.9 Å². The maximum absolute atomic E-state index is 5.58. The minimum Gasteiger partial charge on any atom is -0.338 e. The lowest BCUT2D eigenvalue weighted by Crippen LogP contribution is -2.47. The third-order valence-corrected chi connectivity index (χ3v) is 4.72. The number of hydrogen-bond acceptors (Lipinski definition) is 6. The van der Waals surface area contributed by atoms with Crippen LogP contribution in [0.25, 0.3) is 5.69 Å². The Kier molecular flexibility index (Phi) is 4.53. The number of para-hydroxylation sites is 1. The molecule has 0 atom stereocenters. The lowest BCUT2D eigenvalue weighted by atomic mass is 10.3. The summed E-state index contributed by atoms with van der Waals surface area (Å²) in [6.07, 6.45) is 5.35. The van der Waals surface area contributed by atoms with Crippen LogP contribution in [0.3, 0.4) is 0 Å². The Balaban J connectivity index is 1.41. The van der Waals surface area contributed by atoms with E-state index in [4.69, 9.17) is 12.2 Å². The standard InChI is InChI=1S/C17H19N7S/c25-17-23(15-5-2-1-3-6-15)13-20-24(17)14-21-9-11-22(12-10-21)16-18-7-4-8-19-16/h1-8,13H,9-12,14H2. The Morgan fingerprint density at radius 2 is 1.64 bits per heavy atom. The second-order valence-electron chi connectivity index (χ2n) is 5.91. The Labute approximate surface area is 151 Å². The van der Waals surface area contributed by atoms with Crippen LogP contribution < -0.4 is 4.90 Å². The molecule has 1 aliphatic heterocycles. The molecule has 25 heavy (non-hydrogen) atoms. The van der Waals surface area contributed by atoms with E-state index in [0.717, 1.165) is 37.8 Å². The highest BCUT2D eigenvalue weighted by Gasteiger charge is 2.19. The second kappa shape index (κ2) is 7.12. The average Bonchev–Trinajstić information content (AvgIpc) is 3.04. The van der Waals surface area contributed by atoms with Gasteiger partial charge in [-0.1, -0.05) is 18.2 Å². The molecule has 0 radical (unpaired) electrons. The maximum Gasteiger partial charge on any atom is 0.225 e. The minimum absolute atomic E-state index is 0.697. The van der Waals surface area contributed by atoms with Crippen LogP contribution in [0.1, 0.15) is 0 Å². The van der Waals surface area contributed by atoms with Gasteiger partial charge in [-0.05, 0) is 30.4 Å². The highest BCUT2D eigenvalue weighted by Crippen LogP contribution is 2.12. The number of hydrogen-bond donors (Lipinski definition) is 0. The molecule has 1 aliphatic rings. The van der Waals surface area contributed by atoms with Crippen molar-refractivity contribution in [1.29, 1.82) is 0 Å². The fraction of sp³-hybridized carbons (Fsp3) is 0.294. The number of anilines is 1. The Bertz CT molecular complexity index is 867. The van der Waals surface area contributed by atoms with Crippen LogP contribution in [-0.4, -0.2) is 55.4 Å². The zero-order valence-corrected chi connectivity index (χ0v) is 14.6. The van der Waals surface area contributed by atoms with Crippen LogP contribution in [-0.2, 0) is 6.67 Å². The molecule has 0 aliphatic carbocycles. The fourth-order valence-corrected chi connectivity index (χ4v) is 3.19. The molecule has 4 rings (SSSR count). The van der Waals surface area contributed by atoms with E-state index in [1.54, 1.807) is 18.7 Å². The van der Waals surface area contributed by atoms with Crippen molar-refractivity contribution in [3.63, 3.8) is 0 Å². The highest BCUT2D eigenvalue weighted by molar-refractivity contribution is 7.71. The van der Waals surface area contributed by atoms with Crippen molar-refractivity contribution in [3.8, 4) is 5.69 Å². The molecule has 3 heterocycles. The van der Waals surface area contributed by atoms with Crippen LogP contribution in [0.2, 0.25) is 0 Å². The molecular formula is C17H19N7S. The first-order valence-electron chi connectivity index (χ1n) is 8.25. The summed E-state index contributed by atoms with van der Waals surface area (Å²) in [6.45, 7) is 4.35. The van der Waals surface area contributed by atoms with Gasteiger partial charge in [0.25, 0.3) is 0 Å². The maximum atomic E-state index is 5.58. The van der Waals surface area contributed by atoms with E-state index in [1.807, 2.05) is 45.6 Å². The predicted molar refractivity (Wildman–Crippen MR) is 98.2 cm³/mol. The van der Waals surface area contributed by atoms with Gasteiger partial charge in [-0.3, -0.25) is 9.47 Å². The highest BCUT2D eigenvalue weighted by atomic mass is 32.1. The average molecular weight is 353 g/mol. The van der Waals surface area contributed by atoms with Gasteiger partial charge >= 0.3 is 0 Å². The van der Waals surface area contributed by atoms with Crippen molar-refractivity contribution in [1.82, 2.24) is 29.2 Å². The van der Waals surface area contributed by atoms with Gasteiger partial charge in [-0.15, -0.1) is 0 Å². The molecule has 128 valence electrons. The Hall–Kier alpha value is -2.58. The molecule has 1 fully saturated rings. The fourth-order valence-electron chi connectivity index (χ4n) is 2.93. The molecule has 1 saturated heterocycles. The van der Waals surface area contributed by atoms with Crippen LogP contribution in [0, 0.1) is 4.77 Å². The van der Waals surface area contributed by atoms with Gasteiger partial charge in [-0.25, -0.2) is 14.6 Å². The molecule has 0 saturated carbocycles. The zero-order valence-electron chi connectivity index (χ0n) is 13.8. The second-order valence-corrected chi connectivity index (χ2v) is 6.28. The van der Waals surface area contributed by atoms with Gasteiger partial charge in [0.15, 0.2) is 0 Å². The largest absolute Gasteiger partial charge is 0.338 e. The lowest BCUT2D eigenvalue weighted by molar-refractivity contribution is 0.193. The number of piperazine rings is 1. The van der Waals surface area contributed by atoms with Crippen LogP contribution >= 0.6 is 12.2 Å². The third kappa shape index (κ3) is 3.45. The first-order valence-corrected chi connectivity index (χ1v) is 8.66. The summed E-state index contributed by atoms with van der Waals surface area (Å²) in [5.74, 6) is 0.798. The van der Waals surface area contributed by atoms with E-state index in [1.165, 1.54) is 0 Å². The van der Waals surface area contributed by atoms with E-state index in [9.17, 15) is 0 Å². The van der Waals surface area contributed by atoms with Gasteiger partial charge < -0.3 is 4.90 Å². The number of rotatable bonds is 4. The summed E-state index contributed by atoms with van der Waals surface area (Å²) < 4.78 is 4.51. The zero-order chi connectivity index (χ0) is 17.1. The van der Waals surface area contributed by atoms with Crippen LogP contribution in [0.4, 0.5) is 5.95 Å². The van der Waals surface area contributed by atoms with Crippen molar-refractivity contribution in [2.24, 2.45) is 0 Å². The normalized spacial score (nSPS) is 15.4. The molecular weight excluding hydrogens is 334 g/mol. The van der Waals surface area contributed by atoms with Gasteiger partial charge in [0.1, 0.15) is 6.33 Å². The molecule has 2 aromatic heterocycles. The van der Waals surface area contributed by atoms with Crippen molar-refractivity contribution in [3.05, 3.63) is 59.9 Å². The summed E-state index contributed by atoms with van der Waals surface area (Å²) in [4.78, 5) is 13.2. The van der Waals surface area contributed by atoms with Gasteiger partial charge in [0, 0.05) is 44.3 Å². The van der Waals surface area contributed by atoms with Gasteiger partial charge in [-0.2, -0.15) is 5.10 Å². The number of nitrogens with zero attached hydrogens (tertiary/aromatic N) is 7. The van der Waals surface area contributed by atoms with Crippen molar-refractivity contribution in [2.75, 3.05) is 31.1 Å². The van der Waals surface area contributed by atoms with E-state index < -0.39 is 0 Å². The number of benzene rings is 1. The molecule has 8 heteroatoms. The lowest BCUT2D eigenvalue weighted by Gasteiger charge is -2.34. The Morgan fingerprint density at radius 3 is 2.36 bits per heavy atom. The van der Waals surface area contributed by atoms with Crippen molar-refractivity contribution in [2.45, 2.75) is 6.67 Å². The molecule has 0 amide bonds. The quantitative estimate of drug-likeness (QED) is 0.669.